The number of aromatic nitrogens is 1. The lowest BCUT2D eigenvalue weighted by atomic mass is 10.1. The van der Waals surface area contributed by atoms with Gasteiger partial charge in [0.15, 0.2) is 5.76 Å². The highest BCUT2D eigenvalue weighted by Gasteiger charge is 2.36. The van der Waals surface area contributed by atoms with Gasteiger partial charge < -0.3 is 9.42 Å². The van der Waals surface area contributed by atoms with E-state index in [0.29, 0.717) is 11.8 Å². The Morgan fingerprint density at radius 2 is 2.06 bits per heavy atom. The summed E-state index contributed by atoms with van der Waals surface area (Å²) in [6.45, 7) is 7.61. The fraction of sp³-hybridized carbons (Fsp3) is 0.769. The van der Waals surface area contributed by atoms with E-state index in [1.54, 1.807) is 0 Å². The van der Waals surface area contributed by atoms with E-state index in [1.807, 2.05) is 0 Å². The SMILES string of the molecule is CC(C)c1noc(C2CC2)c1N1CCN(C)C1. The zero-order valence-electron chi connectivity index (χ0n) is 10.9. The number of nitrogens with zero attached hydrogens (tertiary/aromatic N) is 3. The zero-order valence-corrected chi connectivity index (χ0v) is 10.9. The van der Waals surface area contributed by atoms with Gasteiger partial charge in [0.05, 0.1) is 6.67 Å². The van der Waals surface area contributed by atoms with Gasteiger partial charge in [0, 0.05) is 24.9 Å². The zero-order chi connectivity index (χ0) is 12.0. The van der Waals surface area contributed by atoms with Crippen LogP contribution >= 0.6 is 0 Å². The third kappa shape index (κ3) is 1.95. The molecule has 1 saturated carbocycles. The predicted octanol–water partition coefficient (Wildman–Crippen LogP) is 2.38. The first kappa shape index (κ1) is 11.1. The van der Waals surface area contributed by atoms with Crippen LogP contribution < -0.4 is 4.90 Å². The van der Waals surface area contributed by atoms with E-state index in [0.717, 1.165) is 31.2 Å². The summed E-state index contributed by atoms with van der Waals surface area (Å²) in [5.74, 6) is 2.21. The highest BCUT2D eigenvalue weighted by atomic mass is 16.5. The Morgan fingerprint density at radius 3 is 2.59 bits per heavy atom. The Kier molecular flexibility index (Phi) is 2.62. The van der Waals surface area contributed by atoms with Crippen LogP contribution in [0.4, 0.5) is 5.69 Å². The highest BCUT2D eigenvalue weighted by molar-refractivity contribution is 5.57. The van der Waals surface area contributed by atoms with Crippen molar-refractivity contribution in [3.63, 3.8) is 0 Å². The van der Waals surface area contributed by atoms with Gasteiger partial charge in [-0.1, -0.05) is 19.0 Å². The van der Waals surface area contributed by atoms with Gasteiger partial charge in [-0.25, -0.2) is 0 Å². The standard InChI is InChI=1S/C13H21N3O/c1-9(2)11-12(16-7-6-15(3)8-16)13(17-14-11)10-4-5-10/h9-10H,4-8H2,1-3H3. The van der Waals surface area contributed by atoms with Crippen LogP contribution in [0.15, 0.2) is 4.52 Å². The number of rotatable bonds is 3. The predicted molar refractivity (Wildman–Crippen MR) is 67.4 cm³/mol. The van der Waals surface area contributed by atoms with Crippen LogP contribution in [0.5, 0.6) is 0 Å². The van der Waals surface area contributed by atoms with Crippen molar-refractivity contribution in [2.24, 2.45) is 0 Å². The molecular weight excluding hydrogens is 214 g/mol. The summed E-state index contributed by atoms with van der Waals surface area (Å²) < 4.78 is 5.62. The van der Waals surface area contributed by atoms with Gasteiger partial charge in [-0.05, 0) is 19.9 Å². The van der Waals surface area contributed by atoms with Crippen LogP contribution in [-0.4, -0.2) is 36.9 Å². The molecule has 4 nitrogen and oxygen atoms in total. The van der Waals surface area contributed by atoms with Crippen LogP contribution in [-0.2, 0) is 0 Å². The summed E-state index contributed by atoms with van der Waals surface area (Å²) in [5.41, 5.74) is 2.44. The fourth-order valence-electron chi connectivity index (χ4n) is 2.53. The smallest absolute Gasteiger partial charge is 0.163 e. The summed E-state index contributed by atoms with van der Waals surface area (Å²) in [5, 5.41) is 4.31. The third-order valence-corrected chi connectivity index (χ3v) is 3.69. The molecule has 4 heteroatoms. The Balaban J connectivity index is 1.96. The maximum atomic E-state index is 5.62. The van der Waals surface area contributed by atoms with E-state index in [2.05, 4.69) is 35.9 Å². The molecule has 2 heterocycles. The molecule has 1 aliphatic heterocycles. The monoisotopic (exact) mass is 235 g/mol. The molecule has 0 spiro atoms. The van der Waals surface area contributed by atoms with Crippen molar-refractivity contribution < 1.29 is 4.52 Å². The lowest BCUT2D eigenvalue weighted by Crippen LogP contribution is -2.24. The van der Waals surface area contributed by atoms with Gasteiger partial charge in [-0.2, -0.15) is 0 Å². The van der Waals surface area contributed by atoms with Crippen molar-refractivity contribution in [1.29, 1.82) is 0 Å². The Labute approximate surface area is 103 Å². The van der Waals surface area contributed by atoms with Crippen LogP contribution in [0.25, 0.3) is 0 Å². The van der Waals surface area contributed by atoms with Gasteiger partial charge in [0.2, 0.25) is 0 Å². The number of anilines is 1. The van der Waals surface area contributed by atoms with Gasteiger partial charge in [0.1, 0.15) is 11.4 Å². The van der Waals surface area contributed by atoms with Gasteiger partial charge >= 0.3 is 0 Å². The summed E-state index contributed by atoms with van der Waals surface area (Å²) >= 11 is 0. The van der Waals surface area contributed by atoms with E-state index in [1.165, 1.54) is 18.5 Å². The van der Waals surface area contributed by atoms with Gasteiger partial charge in [-0.15, -0.1) is 0 Å². The Hall–Kier alpha value is -1.03. The molecule has 3 rings (SSSR count). The molecular formula is C13H21N3O. The first-order valence-corrected chi connectivity index (χ1v) is 6.59. The second kappa shape index (κ2) is 4.02. The van der Waals surface area contributed by atoms with Crippen molar-refractivity contribution in [3.8, 4) is 0 Å². The largest absolute Gasteiger partial charge is 0.359 e. The summed E-state index contributed by atoms with van der Waals surface area (Å²) in [4.78, 5) is 4.77. The number of hydrogen-bond acceptors (Lipinski definition) is 4. The van der Waals surface area contributed by atoms with Crippen LogP contribution in [0.1, 0.15) is 50.0 Å². The first-order valence-electron chi connectivity index (χ1n) is 6.59. The average Bonchev–Trinajstić information content (AvgIpc) is 2.88. The summed E-state index contributed by atoms with van der Waals surface area (Å²) in [7, 11) is 2.17. The molecule has 1 aromatic heterocycles. The summed E-state index contributed by atoms with van der Waals surface area (Å²) in [6, 6.07) is 0. The Bertz CT molecular complexity index is 389. The van der Waals surface area contributed by atoms with Gasteiger partial charge in [0.25, 0.3) is 0 Å². The van der Waals surface area contributed by atoms with E-state index in [9.17, 15) is 0 Å². The first-order chi connectivity index (χ1) is 8.16. The second-order valence-electron chi connectivity index (χ2n) is 5.69. The van der Waals surface area contributed by atoms with Crippen molar-refractivity contribution in [3.05, 3.63) is 11.5 Å². The minimum absolute atomic E-state index is 0.437. The lowest BCUT2D eigenvalue weighted by molar-refractivity contribution is 0.375. The molecule has 0 unspecified atom stereocenters. The molecule has 1 saturated heterocycles. The molecule has 1 aliphatic carbocycles. The molecule has 0 bridgehead atoms. The van der Waals surface area contributed by atoms with Crippen molar-refractivity contribution in [2.75, 3.05) is 31.7 Å². The quantitative estimate of drug-likeness (QED) is 0.805. The molecule has 1 aromatic rings. The highest BCUT2D eigenvalue weighted by Crippen LogP contribution is 2.47. The molecule has 0 radical (unpaired) electrons. The lowest BCUT2D eigenvalue weighted by Gasteiger charge is -2.19. The molecule has 2 fully saturated rings. The fourth-order valence-corrected chi connectivity index (χ4v) is 2.53. The number of hydrogen-bond donors (Lipinski definition) is 0. The van der Waals surface area contributed by atoms with Crippen molar-refractivity contribution >= 4 is 5.69 Å². The maximum absolute atomic E-state index is 5.62. The van der Waals surface area contributed by atoms with Crippen molar-refractivity contribution in [2.45, 2.75) is 38.5 Å². The van der Waals surface area contributed by atoms with E-state index >= 15 is 0 Å². The third-order valence-electron chi connectivity index (χ3n) is 3.69. The molecule has 0 N–H and O–H groups in total. The van der Waals surface area contributed by atoms with Crippen LogP contribution in [0, 0.1) is 0 Å². The van der Waals surface area contributed by atoms with E-state index < -0.39 is 0 Å². The molecule has 0 aromatic carbocycles. The molecule has 2 aliphatic rings. The van der Waals surface area contributed by atoms with Gasteiger partial charge in [-0.3, -0.25) is 4.90 Å². The van der Waals surface area contributed by atoms with Crippen molar-refractivity contribution in [1.82, 2.24) is 10.1 Å². The molecule has 94 valence electrons. The summed E-state index contributed by atoms with van der Waals surface area (Å²) in [6.07, 6.45) is 2.53. The number of likely N-dealkylation sites (N-methyl/N-ethyl adjacent to an activating group) is 1. The topological polar surface area (TPSA) is 32.5 Å². The Morgan fingerprint density at radius 1 is 1.29 bits per heavy atom. The minimum Gasteiger partial charge on any atom is -0.359 e. The molecule has 17 heavy (non-hydrogen) atoms. The van der Waals surface area contributed by atoms with E-state index in [-0.39, 0.29) is 0 Å². The molecule has 0 atom stereocenters. The molecule has 0 amide bonds. The minimum atomic E-state index is 0.437. The maximum Gasteiger partial charge on any atom is 0.163 e. The normalized spacial score (nSPS) is 21.8. The van der Waals surface area contributed by atoms with Crippen LogP contribution in [0.3, 0.4) is 0 Å². The van der Waals surface area contributed by atoms with E-state index in [4.69, 9.17) is 4.52 Å². The average molecular weight is 235 g/mol. The van der Waals surface area contributed by atoms with Crippen LogP contribution in [0.2, 0.25) is 0 Å². The second-order valence-corrected chi connectivity index (χ2v) is 5.69.